The summed E-state index contributed by atoms with van der Waals surface area (Å²) in [7, 11) is 0. The molecule has 0 aromatic heterocycles. The lowest BCUT2D eigenvalue weighted by Gasteiger charge is -2.11. The van der Waals surface area contributed by atoms with Crippen LogP contribution in [0.25, 0.3) is 6.08 Å². The van der Waals surface area contributed by atoms with Gasteiger partial charge in [-0.3, -0.25) is 10.0 Å². The number of hydroxylamine groups is 2. The van der Waals surface area contributed by atoms with Crippen LogP contribution < -0.4 is 5.73 Å². The summed E-state index contributed by atoms with van der Waals surface area (Å²) in [5, 5.41) is 9.98. The van der Waals surface area contributed by atoms with Crippen molar-refractivity contribution in [2.45, 2.75) is 6.42 Å². The van der Waals surface area contributed by atoms with E-state index in [1.54, 1.807) is 6.08 Å². The van der Waals surface area contributed by atoms with Gasteiger partial charge in [0.05, 0.1) is 0 Å². The molecule has 0 bridgehead atoms. The molecule has 0 aliphatic heterocycles. The Morgan fingerprint density at radius 1 is 1.38 bits per heavy atom. The monoisotopic (exact) mass is 220 g/mol. The fourth-order valence-electron chi connectivity index (χ4n) is 1.17. The first kappa shape index (κ1) is 12.4. The standard InChI is InChI=1S/C12H16N2O2/c13-9-4-10-14(16)12(15)8-7-11-5-2-1-3-6-11/h1-3,5-8,16H,4,9-10,13H2/b8-7+. The maximum Gasteiger partial charge on any atom is 0.269 e. The van der Waals surface area contributed by atoms with Gasteiger partial charge < -0.3 is 5.73 Å². The smallest absolute Gasteiger partial charge is 0.269 e. The highest BCUT2D eigenvalue weighted by Crippen LogP contribution is 2.01. The summed E-state index contributed by atoms with van der Waals surface area (Å²) in [4.78, 5) is 11.4. The molecular formula is C12H16N2O2. The Morgan fingerprint density at radius 2 is 2.06 bits per heavy atom. The zero-order valence-corrected chi connectivity index (χ0v) is 9.04. The molecule has 4 nitrogen and oxygen atoms in total. The van der Waals surface area contributed by atoms with Crippen LogP contribution in [0.15, 0.2) is 36.4 Å². The Kier molecular flexibility index (Phi) is 5.25. The maximum atomic E-state index is 11.4. The van der Waals surface area contributed by atoms with Gasteiger partial charge in [0.2, 0.25) is 0 Å². The minimum Gasteiger partial charge on any atom is -0.330 e. The van der Waals surface area contributed by atoms with E-state index in [0.29, 0.717) is 18.0 Å². The van der Waals surface area contributed by atoms with E-state index in [9.17, 15) is 10.0 Å². The predicted molar refractivity (Wildman–Crippen MR) is 62.6 cm³/mol. The Bertz CT molecular complexity index is 349. The van der Waals surface area contributed by atoms with E-state index < -0.39 is 5.91 Å². The molecule has 0 heterocycles. The molecule has 1 rings (SSSR count). The molecule has 4 heteroatoms. The molecule has 1 amide bonds. The minimum absolute atomic E-state index is 0.258. The summed E-state index contributed by atoms with van der Waals surface area (Å²) in [6, 6.07) is 9.43. The molecule has 16 heavy (non-hydrogen) atoms. The number of nitrogens with two attached hydrogens (primary N) is 1. The lowest BCUT2D eigenvalue weighted by molar-refractivity contribution is -0.159. The Labute approximate surface area is 94.9 Å². The number of hydrogen-bond acceptors (Lipinski definition) is 3. The summed E-state index contributed by atoms with van der Waals surface area (Å²) < 4.78 is 0. The third kappa shape index (κ3) is 4.25. The van der Waals surface area contributed by atoms with Gasteiger partial charge in [0.1, 0.15) is 0 Å². The number of rotatable bonds is 5. The second-order valence-electron chi connectivity index (χ2n) is 3.35. The largest absolute Gasteiger partial charge is 0.330 e. The third-order valence-corrected chi connectivity index (χ3v) is 2.05. The second-order valence-corrected chi connectivity index (χ2v) is 3.35. The van der Waals surface area contributed by atoms with Crippen molar-refractivity contribution in [3.05, 3.63) is 42.0 Å². The van der Waals surface area contributed by atoms with Crippen molar-refractivity contribution in [1.29, 1.82) is 0 Å². The average Bonchev–Trinajstić information content (AvgIpc) is 2.34. The minimum atomic E-state index is -0.433. The molecule has 0 spiro atoms. The Hall–Kier alpha value is -1.65. The molecule has 86 valence electrons. The first-order valence-electron chi connectivity index (χ1n) is 5.17. The van der Waals surface area contributed by atoms with Crippen molar-refractivity contribution in [2.24, 2.45) is 5.73 Å². The molecule has 0 unspecified atom stereocenters. The van der Waals surface area contributed by atoms with Gasteiger partial charge >= 0.3 is 0 Å². The van der Waals surface area contributed by atoms with Crippen LogP contribution in [-0.2, 0) is 4.79 Å². The number of benzene rings is 1. The van der Waals surface area contributed by atoms with Crippen LogP contribution in [-0.4, -0.2) is 29.3 Å². The fourth-order valence-corrected chi connectivity index (χ4v) is 1.17. The van der Waals surface area contributed by atoms with Gasteiger partial charge in [-0.15, -0.1) is 0 Å². The number of carbonyl (C=O) groups excluding carboxylic acids is 1. The van der Waals surface area contributed by atoms with Crippen LogP contribution >= 0.6 is 0 Å². The van der Waals surface area contributed by atoms with Crippen molar-refractivity contribution in [2.75, 3.05) is 13.1 Å². The normalized spacial score (nSPS) is 10.6. The number of nitrogens with zero attached hydrogens (tertiary/aromatic N) is 1. The van der Waals surface area contributed by atoms with Crippen molar-refractivity contribution in [1.82, 2.24) is 5.06 Å². The van der Waals surface area contributed by atoms with Crippen LogP contribution in [0.5, 0.6) is 0 Å². The summed E-state index contributed by atoms with van der Waals surface area (Å²) in [6.45, 7) is 0.710. The van der Waals surface area contributed by atoms with Crippen molar-refractivity contribution in [3.8, 4) is 0 Å². The zero-order valence-electron chi connectivity index (χ0n) is 9.04. The number of amides is 1. The molecule has 0 radical (unpaired) electrons. The molecule has 0 aliphatic rings. The number of hydrogen-bond donors (Lipinski definition) is 2. The van der Waals surface area contributed by atoms with Crippen molar-refractivity contribution in [3.63, 3.8) is 0 Å². The Balaban J connectivity index is 2.48. The molecular weight excluding hydrogens is 204 g/mol. The van der Waals surface area contributed by atoms with Crippen LogP contribution in [0, 0.1) is 0 Å². The highest BCUT2D eigenvalue weighted by atomic mass is 16.5. The summed E-state index contributed by atoms with van der Waals surface area (Å²) in [6.07, 6.45) is 3.58. The van der Waals surface area contributed by atoms with Crippen LogP contribution in [0.4, 0.5) is 0 Å². The lowest BCUT2D eigenvalue weighted by Crippen LogP contribution is -2.27. The molecule has 0 fully saturated rings. The van der Waals surface area contributed by atoms with Crippen LogP contribution in [0.2, 0.25) is 0 Å². The highest BCUT2D eigenvalue weighted by Gasteiger charge is 2.05. The molecule has 0 saturated heterocycles. The van der Waals surface area contributed by atoms with Gasteiger partial charge in [-0.1, -0.05) is 30.3 Å². The van der Waals surface area contributed by atoms with Crippen molar-refractivity contribution < 1.29 is 10.0 Å². The topological polar surface area (TPSA) is 66.6 Å². The fraction of sp³-hybridized carbons (Fsp3) is 0.250. The van der Waals surface area contributed by atoms with E-state index in [-0.39, 0.29) is 6.54 Å². The van der Waals surface area contributed by atoms with E-state index in [4.69, 9.17) is 5.73 Å². The maximum absolute atomic E-state index is 11.4. The quantitative estimate of drug-likeness (QED) is 0.446. The van der Waals surface area contributed by atoms with E-state index in [0.717, 1.165) is 5.56 Å². The van der Waals surface area contributed by atoms with Gasteiger partial charge in [-0.2, -0.15) is 0 Å². The van der Waals surface area contributed by atoms with Gasteiger partial charge in [-0.25, -0.2) is 5.06 Å². The first-order chi connectivity index (χ1) is 7.74. The molecule has 0 saturated carbocycles. The SMILES string of the molecule is NCCCN(O)C(=O)/C=C/c1ccccc1. The Morgan fingerprint density at radius 3 is 2.69 bits per heavy atom. The highest BCUT2D eigenvalue weighted by molar-refractivity contribution is 5.90. The second kappa shape index (κ2) is 6.76. The van der Waals surface area contributed by atoms with Gasteiger partial charge in [0.15, 0.2) is 0 Å². The molecule has 1 aromatic rings. The summed E-state index contributed by atoms with van der Waals surface area (Å²) in [5.74, 6) is -0.433. The lowest BCUT2D eigenvalue weighted by atomic mass is 10.2. The summed E-state index contributed by atoms with van der Waals surface area (Å²) in [5.41, 5.74) is 6.19. The van der Waals surface area contributed by atoms with Gasteiger partial charge in [-0.05, 0) is 24.6 Å². The van der Waals surface area contributed by atoms with Gasteiger partial charge in [0.25, 0.3) is 5.91 Å². The average molecular weight is 220 g/mol. The third-order valence-electron chi connectivity index (χ3n) is 2.05. The first-order valence-corrected chi connectivity index (χ1v) is 5.17. The van der Waals surface area contributed by atoms with Crippen molar-refractivity contribution >= 4 is 12.0 Å². The molecule has 1 aromatic carbocycles. The van der Waals surface area contributed by atoms with E-state index >= 15 is 0 Å². The number of carbonyl (C=O) groups is 1. The van der Waals surface area contributed by atoms with E-state index in [1.165, 1.54) is 6.08 Å². The van der Waals surface area contributed by atoms with E-state index in [2.05, 4.69) is 0 Å². The van der Waals surface area contributed by atoms with Gasteiger partial charge in [0, 0.05) is 12.6 Å². The van der Waals surface area contributed by atoms with Crippen LogP contribution in [0.3, 0.4) is 0 Å². The molecule has 0 atom stereocenters. The van der Waals surface area contributed by atoms with E-state index in [1.807, 2.05) is 30.3 Å². The predicted octanol–water partition coefficient (Wildman–Crippen LogP) is 1.27. The molecule has 3 N–H and O–H groups in total. The molecule has 0 aliphatic carbocycles. The van der Waals surface area contributed by atoms with Crippen LogP contribution in [0.1, 0.15) is 12.0 Å². The zero-order chi connectivity index (χ0) is 11.8. The summed E-state index contributed by atoms with van der Waals surface area (Å²) >= 11 is 0.